The van der Waals surface area contributed by atoms with Gasteiger partial charge in [0.2, 0.25) is 0 Å². The third-order valence-electron chi connectivity index (χ3n) is 0. The van der Waals surface area contributed by atoms with Crippen molar-refractivity contribution in [1.82, 2.24) is 12.3 Å². The monoisotopic (exact) mass is 202 g/mol. The molecule has 0 aromatic rings. The Hall–Kier alpha value is 0.460. The number of carboxylic acid groups (broad SMARTS) is 4. The third-order valence-corrected chi connectivity index (χ3v) is 0. The first-order valence-corrected chi connectivity index (χ1v) is 1.26. The molecule has 0 fully saturated rings. The van der Waals surface area contributed by atoms with E-state index in [2.05, 4.69) is 0 Å². The molecule has 0 radical (unpaired) electrons. The van der Waals surface area contributed by atoms with Crippen LogP contribution in [0.15, 0.2) is 0 Å². The van der Waals surface area contributed by atoms with Gasteiger partial charge in [-0.2, -0.15) is 0 Å². The Morgan fingerprint density at radius 3 is 0.917 bits per heavy atom. The van der Waals surface area contributed by atoms with Gasteiger partial charge in [-0.05, 0) is 6.16 Å². The number of rotatable bonds is 0. The zero-order chi connectivity index (χ0) is 7.15. The Kier molecular flexibility index (Phi) is 98.2. The predicted octanol–water partition coefficient (Wildman–Crippen LogP) is -7.89. The molecule has 12 heavy (non-hydrogen) atoms. The van der Waals surface area contributed by atoms with E-state index in [0.29, 0.717) is 0 Å². The molecule has 0 saturated heterocycles. The Bertz CT molecular complexity index is 79.5. The first-order chi connectivity index (χ1) is 3.46. The minimum absolute atomic E-state index is 0. The molecule has 64 valence electrons. The summed E-state index contributed by atoms with van der Waals surface area (Å²) in [7, 11) is 0. The van der Waals surface area contributed by atoms with Crippen LogP contribution in [0.5, 0.6) is 0 Å². The average molecular weight is 202 g/mol. The van der Waals surface area contributed by atoms with Crippen LogP contribution >= 0.6 is 0 Å². The van der Waals surface area contributed by atoms with E-state index >= 15 is 0 Å². The molecule has 0 aromatic carbocycles. The molecule has 0 aromatic heterocycles. The summed E-state index contributed by atoms with van der Waals surface area (Å²) >= 11 is 0. The molecule has 0 heterocycles. The number of hydrogen-bond donors (Lipinski definition) is 4. The fourth-order valence-corrected chi connectivity index (χ4v) is 0. The summed E-state index contributed by atoms with van der Waals surface area (Å²) in [5.74, 6) is 0. The topological polar surface area (TPSA) is 191 Å². The molecule has 0 aliphatic rings. The van der Waals surface area contributed by atoms with Crippen molar-refractivity contribution in [1.29, 1.82) is 0 Å². The summed E-state index contributed by atoms with van der Waals surface area (Å²) in [6, 6.07) is 0. The molecular formula is C2H8N2Na2O6. The van der Waals surface area contributed by atoms with Crippen molar-refractivity contribution in [3.63, 3.8) is 0 Å². The van der Waals surface area contributed by atoms with Crippen molar-refractivity contribution < 1.29 is 89.1 Å². The van der Waals surface area contributed by atoms with E-state index in [1.54, 1.807) is 0 Å². The van der Waals surface area contributed by atoms with Crippen LogP contribution in [0.3, 0.4) is 0 Å². The van der Waals surface area contributed by atoms with Gasteiger partial charge in [-0.1, -0.05) is 0 Å². The molecule has 0 atom stereocenters. The molecular weight excluding hydrogens is 194 g/mol. The van der Waals surface area contributed by atoms with Gasteiger partial charge in [0.15, 0.2) is 0 Å². The molecule has 0 rings (SSSR count). The van der Waals surface area contributed by atoms with Crippen molar-refractivity contribution in [3.05, 3.63) is 0 Å². The average Bonchev–Trinajstić information content (AvgIpc) is 1.25. The van der Waals surface area contributed by atoms with Gasteiger partial charge in [0.1, 0.15) is 0 Å². The Balaban J connectivity index is -0.0000000112. The van der Waals surface area contributed by atoms with E-state index in [1.165, 1.54) is 0 Å². The van der Waals surface area contributed by atoms with Gasteiger partial charge < -0.3 is 37.5 Å². The fourth-order valence-electron chi connectivity index (χ4n) is 0. The van der Waals surface area contributed by atoms with Crippen molar-refractivity contribution >= 4 is 12.3 Å². The van der Waals surface area contributed by atoms with E-state index in [9.17, 15) is 0 Å². The molecule has 0 aliphatic heterocycles. The number of hydrogen-bond acceptors (Lipinski definition) is 6. The zero-order valence-corrected chi connectivity index (χ0v) is 10.9. The van der Waals surface area contributed by atoms with E-state index in [1.807, 2.05) is 0 Å². The van der Waals surface area contributed by atoms with Crippen LogP contribution < -0.4 is 81.6 Å². The van der Waals surface area contributed by atoms with Gasteiger partial charge >= 0.3 is 65.3 Å². The van der Waals surface area contributed by atoms with Gasteiger partial charge in [-0.3, -0.25) is 0 Å². The van der Waals surface area contributed by atoms with Crippen molar-refractivity contribution in [2.75, 3.05) is 0 Å². The normalized spacial score (nSPS) is 4.00. The van der Waals surface area contributed by atoms with E-state index in [0.717, 1.165) is 0 Å². The van der Waals surface area contributed by atoms with E-state index in [-0.39, 0.29) is 71.4 Å². The summed E-state index contributed by atoms with van der Waals surface area (Å²) in [6.45, 7) is 0. The summed E-state index contributed by atoms with van der Waals surface area (Å²) in [4.78, 5) is 16.9. The van der Waals surface area contributed by atoms with Crippen molar-refractivity contribution in [2.45, 2.75) is 0 Å². The smallest absolute Gasteiger partial charge is 0.652 e. The fraction of sp³-hybridized carbons (Fsp3) is 0. The first-order valence-electron chi connectivity index (χ1n) is 1.26. The third kappa shape index (κ3) is 4420. The SMILES string of the molecule is N.N.O=C(O)O.O=C([O-])[O-].[Na+].[Na+]. The van der Waals surface area contributed by atoms with E-state index < -0.39 is 12.3 Å². The standard InChI is InChI=1S/2CH2O3.2H3N.2Na/c2*2-1(3)4;;;;/h2*(H2,2,3,4);2*1H3;;/q;;;;2*+1/p-2. The van der Waals surface area contributed by atoms with Crippen molar-refractivity contribution in [3.8, 4) is 0 Å². The molecule has 0 unspecified atom stereocenters. The second-order valence-electron chi connectivity index (χ2n) is 0.533. The van der Waals surface area contributed by atoms with Gasteiger partial charge in [-0.25, -0.2) is 4.79 Å². The van der Waals surface area contributed by atoms with Crippen LogP contribution in [-0.2, 0) is 0 Å². The maximum atomic E-state index is 8.56. The van der Waals surface area contributed by atoms with Crippen LogP contribution in [-0.4, -0.2) is 22.5 Å². The summed E-state index contributed by atoms with van der Waals surface area (Å²) in [5.41, 5.74) is 0. The molecule has 10 heteroatoms. The van der Waals surface area contributed by atoms with Crippen LogP contribution in [0.4, 0.5) is 9.59 Å². The minimum atomic E-state index is -2.33. The van der Waals surface area contributed by atoms with Gasteiger partial charge in [0, 0.05) is 0 Å². The molecule has 0 bridgehead atoms. The molecule has 0 aliphatic carbocycles. The predicted molar refractivity (Wildman–Crippen MR) is 26.1 cm³/mol. The second kappa shape index (κ2) is 30.0. The van der Waals surface area contributed by atoms with Crippen LogP contribution in [0.25, 0.3) is 0 Å². The first kappa shape index (κ1) is 39.2. The molecule has 0 amide bonds. The molecule has 8 nitrogen and oxygen atoms in total. The van der Waals surface area contributed by atoms with Crippen LogP contribution in [0.1, 0.15) is 0 Å². The molecule has 0 spiro atoms. The largest absolute Gasteiger partial charge is 1.00 e. The second-order valence-corrected chi connectivity index (χ2v) is 0.533. The van der Waals surface area contributed by atoms with Gasteiger partial charge in [-0.15, -0.1) is 0 Å². The van der Waals surface area contributed by atoms with Crippen LogP contribution in [0.2, 0.25) is 0 Å². The maximum absolute atomic E-state index is 8.56. The zero-order valence-electron chi connectivity index (χ0n) is 6.94. The minimum Gasteiger partial charge on any atom is -0.652 e. The van der Waals surface area contributed by atoms with Gasteiger partial charge in [0.25, 0.3) is 0 Å². The summed E-state index contributed by atoms with van der Waals surface area (Å²) in [5, 5.41) is 30.6. The molecule has 0 saturated carbocycles. The summed E-state index contributed by atoms with van der Waals surface area (Å²) in [6.07, 6.45) is -4.17. The quantitative estimate of drug-likeness (QED) is 0.278. The maximum Gasteiger partial charge on any atom is 1.00 e. The number of carbonyl (C=O) groups is 2. The van der Waals surface area contributed by atoms with Crippen LogP contribution in [0, 0.1) is 0 Å². The Morgan fingerprint density at radius 1 is 0.917 bits per heavy atom. The van der Waals surface area contributed by atoms with E-state index in [4.69, 9.17) is 30.0 Å². The molecule has 8 N–H and O–H groups in total. The summed E-state index contributed by atoms with van der Waals surface area (Å²) < 4.78 is 0. The Morgan fingerprint density at radius 2 is 0.917 bits per heavy atom. The Labute approximate surface area is 113 Å². The van der Waals surface area contributed by atoms with Crippen molar-refractivity contribution in [2.24, 2.45) is 0 Å². The number of carbonyl (C=O) groups excluding carboxylic acids is 1. The van der Waals surface area contributed by atoms with Gasteiger partial charge in [0.05, 0.1) is 0 Å².